The van der Waals surface area contributed by atoms with Crippen LogP contribution in [-0.2, 0) is 14.3 Å². The number of hydrogen-bond acceptors (Lipinski definition) is 3. The molecule has 0 aliphatic heterocycles. The Morgan fingerprint density at radius 3 is 2.25 bits per heavy atom. The molecule has 0 N–H and O–H groups in total. The molecule has 3 nitrogen and oxygen atoms in total. The summed E-state index contributed by atoms with van der Waals surface area (Å²) in [6.07, 6.45) is -0.337. The Bertz CT molecular complexity index is 110. The summed E-state index contributed by atoms with van der Waals surface area (Å²) in [5.41, 5.74) is -0.670. The molecule has 42 valence electrons. The molecular weight excluding hydrogens is 107 g/mol. The van der Waals surface area contributed by atoms with E-state index in [2.05, 4.69) is 12.6 Å². The molecule has 0 saturated carbocycles. The summed E-state index contributed by atoms with van der Waals surface area (Å²) >= 11 is 0. The molecule has 0 aromatic heterocycles. The van der Waals surface area contributed by atoms with E-state index in [1.807, 2.05) is 0 Å². The zero-order valence-corrected chi connectivity index (χ0v) is 4.51. The van der Waals surface area contributed by atoms with Gasteiger partial charge in [0.1, 0.15) is 0 Å². The Labute approximate surface area is 48.4 Å². The van der Waals surface area contributed by atoms with E-state index in [1.54, 1.807) is 0 Å². The summed E-state index contributed by atoms with van der Waals surface area (Å²) in [6.45, 7) is 0. The van der Waals surface area contributed by atoms with Crippen LogP contribution in [0, 0.1) is 0 Å². The van der Waals surface area contributed by atoms with Gasteiger partial charge in [0.25, 0.3) is 0 Å². The first-order valence-corrected chi connectivity index (χ1v) is 2.02. The van der Waals surface area contributed by atoms with Crippen LogP contribution >= 0.6 is 0 Å². The summed E-state index contributed by atoms with van der Waals surface area (Å²) < 4.78 is 4.12. The van der Waals surface area contributed by atoms with E-state index in [-0.39, 0.29) is 6.42 Å². The summed E-state index contributed by atoms with van der Waals surface area (Å²) in [6, 6.07) is 0. The average Bonchev–Trinajstić information content (AvgIpc) is 1.65. The number of esters is 1. The predicted octanol–water partition coefficient (Wildman–Crippen LogP) is -0.755. The first-order chi connectivity index (χ1) is 3.66. The highest BCUT2D eigenvalue weighted by Crippen LogP contribution is 1.80. The highest BCUT2D eigenvalue weighted by molar-refractivity contribution is 6.59. The molecule has 0 rings (SSSR count). The average molecular weight is 112 g/mol. The highest BCUT2D eigenvalue weighted by atomic mass is 16.5. The SMILES string of the molecule is [B]C(=O)CC(=O)OC. The van der Waals surface area contributed by atoms with Crippen LogP contribution in [0.4, 0.5) is 0 Å². The number of carbonyl (C=O) groups excluding carboxylic acids is 2. The van der Waals surface area contributed by atoms with E-state index in [0.717, 1.165) is 0 Å². The first-order valence-electron chi connectivity index (χ1n) is 2.02. The lowest BCUT2D eigenvalue weighted by atomic mass is 10.0. The van der Waals surface area contributed by atoms with Gasteiger partial charge in [0, 0.05) is 0 Å². The molecule has 0 aliphatic carbocycles. The maximum absolute atomic E-state index is 10.1. The molecule has 0 fully saturated rings. The fourth-order valence-corrected chi connectivity index (χ4v) is 0.214. The molecule has 0 bridgehead atoms. The fourth-order valence-electron chi connectivity index (χ4n) is 0.214. The molecule has 4 heteroatoms. The standard InChI is InChI=1S/C4H5BO3/c1-8-4(7)2-3(5)6/h2H2,1H3. The van der Waals surface area contributed by atoms with Crippen LogP contribution in [0.3, 0.4) is 0 Å². The minimum absolute atomic E-state index is 0.337. The van der Waals surface area contributed by atoms with Gasteiger partial charge in [0.05, 0.1) is 19.2 Å². The summed E-state index contributed by atoms with van der Waals surface area (Å²) in [7, 11) is 5.83. The van der Waals surface area contributed by atoms with Crippen LogP contribution in [0.15, 0.2) is 0 Å². The van der Waals surface area contributed by atoms with Crippen molar-refractivity contribution in [1.29, 1.82) is 0 Å². The van der Waals surface area contributed by atoms with Crippen molar-refractivity contribution >= 4 is 19.5 Å². The smallest absolute Gasteiger partial charge is 0.312 e. The maximum atomic E-state index is 10.1. The Morgan fingerprint density at radius 2 is 2.12 bits per heavy atom. The molecule has 0 aromatic rings. The van der Waals surface area contributed by atoms with Crippen molar-refractivity contribution in [3.05, 3.63) is 0 Å². The van der Waals surface area contributed by atoms with E-state index in [4.69, 9.17) is 0 Å². The second-order valence-corrected chi connectivity index (χ2v) is 1.22. The molecule has 0 spiro atoms. The summed E-state index contributed by atoms with van der Waals surface area (Å²) in [5.74, 6) is -0.600. The van der Waals surface area contributed by atoms with Crippen LogP contribution < -0.4 is 0 Å². The number of methoxy groups -OCH3 is 1. The van der Waals surface area contributed by atoms with Crippen LogP contribution in [0.25, 0.3) is 0 Å². The Morgan fingerprint density at radius 1 is 1.62 bits per heavy atom. The zero-order valence-electron chi connectivity index (χ0n) is 4.51. The van der Waals surface area contributed by atoms with Gasteiger partial charge < -0.3 is 9.53 Å². The second kappa shape index (κ2) is 3.24. The van der Waals surface area contributed by atoms with Crippen LogP contribution in [0.5, 0.6) is 0 Å². The summed E-state index contributed by atoms with van der Waals surface area (Å²) in [4.78, 5) is 20.0. The number of ether oxygens (including phenoxy) is 1. The van der Waals surface area contributed by atoms with Gasteiger partial charge in [-0.15, -0.1) is 0 Å². The normalized spacial score (nSPS) is 8.12. The largest absolute Gasteiger partial charge is 0.469 e. The number of carbonyl (C=O) groups is 2. The topological polar surface area (TPSA) is 43.4 Å². The predicted molar refractivity (Wildman–Crippen MR) is 27.4 cm³/mol. The minimum atomic E-state index is -0.670. The monoisotopic (exact) mass is 112 g/mol. The van der Waals surface area contributed by atoms with E-state index in [9.17, 15) is 9.59 Å². The van der Waals surface area contributed by atoms with Crippen molar-refractivity contribution in [2.75, 3.05) is 7.11 Å². The lowest BCUT2D eigenvalue weighted by Gasteiger charge is -1.91. The zero-order chi connectivity index (χ0) is 6.57. The Balaban J connectivity index is 3.40. The van der Waals surface area contributed by atoms with Gasteiger partial charge in [-0.2, -0.15) is 0 Å². The molecule has 0 unspecified atom stereocenters. The quantitative estimate of drug-likeness (QED) is 0.268. The molecular formula is C4H5BO3. The molecule has 0 saturated heterocycles. The van der Waals surface area contributed by atoms with E-state index in [0.29, 0.717) is 0 Å². The van der Waals surface area contributed by atoms with E-state index < -0.39 is 11.7 Å². The third-order valence-corrected chi connectivity index (χ3v) is 0.546. The molecule has 0 atom stereocenters. The Kier molecular flexibility index (Phi) is 2.92. The van der Waals surface area contributed by atoms with E-state index in [1.165, 1.54) is 7.11 Å². The first kappa shape index (κ1) is 7.20. The Hall–Kier alpha value is -0.795. The van der Waals surface area contributed by atoms with Crippen LogP contribution in [0.1, 0.15) is 6.42 Å². The van der Waals surface area contributed by atoms with Gasteiger partial charge in [-0.25, -0.2) is 0 Å². The van der Waals surface area contributed by atoms with E-state index >= 15 is 0 Å². The molecule has 0 aromatic carbocycles. The van der Waals surface area contributed by atoms with Crippen molar-refractivity contribution in [2.24, 2.45) is 0 Å². The van der Waals surface area contributed by atoms with Gasteiger partial charge in [-0.05, 0) is 0 Å². The third kappa shape index (κ3) is 3.40. The molecule has 0 amide bonds. The lowest BCUT2D eigenvalue weighted by Crippen LogP contribution is -2.07. The van der Waals surface area contributed by atoms with Gasteiger partial charge in [0.2, 0.25) is 0 Å². The molecule has 2 radical (unpaired) electrons. The lowest BCUT2D eigenvalue weighted by molar-refractivity contribution is -0.142. The summed E-state index contributed by atoms with van der Waals surface area (Å²) in [5, 5.41) is 0. The van der Waals surface area contributed by atoms with Crippen molar-refractivity contribution in [1.82, 2.24) is 0 Å². The van der Waals surface area contributed by atoms with Gasteiger partial charge in [-0.3, -0.25) is 4.79 Å². The van der Waals surface area contributed by atoms with Crippen molar-refractivity contribution in [3.8, 4) is 0 Å². The molecule has 0 aliphatic rings. The van der Waals surface area contributed by atoms with Gasteiger partial charge in [-0.1, -0.05) is 0 Å². The van der Waals surface area contributed by atoms with Crippen molar-refractivity contribution < 1.29 is 14.3 Å². The third-order valence-electron chi connectivity index (χ3n) is 0.546. The minimum Gasteiger partial charge on any atom is -0.469 e. The van der Waals surface area contributed by atoms with Gasteiger partial charge in [0.15, 0.2) is 7.85 Å². The second-order valence-electron chi connectivity index (χ2n) is 1.22. The maximum Gasteiger partial charge on any atom is 0.312 e. The highest BCUT2D eigenvalue weighted by Gasteiger charge is 2.01. The number of hydrogen-bond donors (Lipinski definition) is 0. The molecule has 8 heavy (non-hydrogen) atoms. The fraction of sp³-hybridized carbons (Fsp3) is 0.500. The number of rotatable bonds is 2. The van der Waals surface area contributed by atoms with Crippen molar-refractivity contribution in [2.45, 2.75) is 6.42 Å². The van der Waals surface area contributed by atoms with Crippen molar-refractivity contribution in [3.63, 3.8) is 0 Å². The molecule has 0 heterocycles. The van der Waals surface area contributed by atoms with Crippen LogP contribution in [0.2, 0.25) is 0 Å². The van der Waals surface area contributed by atoms with Gasteiger partial charge >= 0.3 is 5.97 Å². The van der Waals surface area contributed by atoms with Crippen LogP contribution in [-0.4, -0.2) is 26.6 Å².